The molecule has 1 fully saturated rings. The summed E-state index contributed by atoms with van der Waals surface area (Å²) in [6, 6.07) is 8.56. The van der Waals surface area contributed by atoms with Crippen LogP contribution in [-0.4, -0.2) is 24.0 Å². The normalized spacial score (nSPS) is 15.6. The zero-order valence-electron chi connectivity index (χ0n) is 11.2. The van der Waals surface area contributed by atoms with Gasteiger partial charge in [0, 0.05) is 12.5 Å². The van der Waals surface area contributed by atoms with Crippen molar-refractivity contribution in [3.63, 3.8) is 0 Å². The number of hydrogen-bond donors (Lipinski definition) is 1. The molecule has 1 aliphatic rings. The summed E-state index contributed by atoms with van der Waals surface area (Å²) >= 11 is 1.26. The number of rotatable bonds is 2. The molecule has 0 bridgehead atoms. The van der Waals surface area contributed by atoms with Gasteiger partial charge in [0.1, 0.15) is 0 Å². The third-order valence-electron chi connectivity index (χ3n) is 3.30. The predicted octanol–water partition coefficient (Wildman–Crippen LogP) is 2.78. The van der Waals surface area contributed by atoms with Crippen molar-refractivity contribution in [3.05, 3.63) is 35.4 Å². The molecule has 3 heteroatoms. The maximum atomic E-state index is 10.8. The molecule has 0 aromatic heterocycles. The second-order valence-electron chi connectivity index (χ2n) is 4.73. The molecular weight excluding hydrogens is 254 g/mol. The fourth-order valence-electron chi connectivity index (χ4n) is 2.27. The maximum absolute atomic E-state index is 10.8. The van der Waals surface area contributed by atoms with E-state index >= 15 is 0 Å². The molecule has 0 saturated carbocycles. The zero-order chi connectivity index (χ0) is 13.5. The number of carbonyl (C=O) groups is 1. The van der Waals surface area contributed by atoms with Crippen LogP contribution in [0.25, 0.3) is 0 Å². The summed E-state index contributed by atoms with van der Waals surface area (Å²) in [5.74, 6) is 7.37. The molecule has 0 aliphatic carbocycles. The van der Waals surface area contributed by atoms with Crippen LogP contribution in [0.4, 0.5) is 0 Å². The van der Waals surface area contributed by atoms with Gasteiger partial charge in [-0.15, -0.1) is 0 Å². The quantitative estimate of drug-likeness (QED) is 0.840. The van der Waals surface area contributed by atoms with Crippen molar-refractivity contribution in [1.82, 2.24) is 5.32 Å². The summed E-state index contributed by atoms with van der Waals surface area (Å²) in [6.07, 6.45) is 2.44. The van der Waals surface area contributed by atoms with Gasteiger partial charge >= 0.3 is 0 Å². The first-order valence-electron chi connectivity index (χ1n) is 6.68. The van der Waals surface area contributed by atoms with Crippen LogP contribution in [0, 0.1) is 11.8 Å². The first-order valence-corrected chi connectivity index (χ1v) is 7.67. The molecule has 1 aliphatic heterocycles. The Morgan fingerprint density at radius 3 is 2.63 bits per heavy atom. The second kappa shape index (κ2) is 7.37. The highest BCUT2D eigenvalue weighted by Crippen LogP contribution is 2.25. The standard InChI is InChI=1S/C16H19NOS/c1-13(18)19-12-2-3-14-4-6-15(7-5-14)16-8-10-17-11-9-16/h4-7,16-17H,8-12H2,1H3. The van der Waals surface area contributed by atoms with Gasteiger partial charge in [-0.3, -0.25) is 4.79 Å². The fraction of sp³-hybridized carbons (Fsp3) is 0.438. The van der Waals surface area contributed by atoms with Crippen molar-refractivity contribution < 1.29 is 4.79 Å². The number of nitrogens with one attached hydrogen (secondary N) is 1. The van der Waals surface area contributed by atoms with Gasteiger partial charge in [0.15, 0.2) is 5.12 Å². The first-order chi connectivity index (χ1) is 9.25. The van der Waals surface area contributed by atoms with Gasteiger partial charge in [-0.2, -0.15) is 0 Å². The molecule has 0 amide bonds. The minimum atomic E-state index is 0.121. The van der Waals surface area contributed by atoms with Crippen LogP contribution in [0.15, 0.2) is 24.3 Å². The van der Waals surface area contributed by atoms with Gasteiger partial charge in [0.05, 0.1) is 5.75 Å². The Balaban J connectivity index is 1.92. The van der Waals surface area contributed by atoms with Gasteiger partial charge in [-0.05, 0) is 49.5 Å². The lowest BCUT2D eigenvalue weighted by Gasteiger charge is -2.22. The summed E-state index contributed by atoms with van der Waals surface area (Å²) in [4.78, 5) is 10.8. The van der Waals surface area contributed by atoms with Gasteiger partial charge in [-0.25, -0.2) is 0 Å². The van der Waals surface area contributed by atoms with Crippen LogP contribution in [-0.2, 0) is 4.79 Å². The van der Waals surface area contributed by atoms with Crippen LogP contribution in [0.3, 0.4) is 0 Å². The van der Waals surface area contributed by atoms with E-state index in [0.717, 1.165) is 18.7 Å². The highest BCUT2D eigenvalue weighted by atomic mass is 32.2. The third kappa shape index (κ3) is 4.74. The molecule has 0 spiro atoms. The Bertz CT molecular complexity index is 478. The van der Waals surface area contributed by atoms with E-state index in [-0.39, 0.29) is 5.12 Å². The molecule has 0 unspecified atom stereocenters. The monoisotopic (exact) mass is 273 g/mol. The summed E-state index contributed by atoms with van der Waals surface area (Å²) in [7, 11) is 0. The molecule has 100 valence electrons. The van der Waals surface area contributed by atoms with Gasteiger partial charge in [0.25, 0.3) is 0 Å². The number of carbonyl (C=O) groups excluding carboxylic acids is 1. The zero-order valence-corrected chi connectivity index (χ0v) is 12.1. The Morgan fingerprint density at radius 1 is 1.32 bits per heavy atom. The molecule has 19 heavy (non-hydrogen) atoms. The average Bonchev–Trinajstić information content (AvgIpc) is 2.45. The lowest BCUT2D eigenvalue weighted by Crippen LogP contribution is -2.26. The van der Waals surface area contributed by atoms with Crippen LogP contribution >= 0.6 is 11.8 Å². The predicted molar refractivity (Wildman–Crippen MR) is 81.3 cm³/mol. The van der Waals surface area contributed by atoms with Crippen LogP contribution in [0.5, 0.6) is 0 Å². The Morgan fingerprint density at radius 2 is 2.00 bits per heavy atom. The van der Waals surface area contributed by atoms with Crippen molar-refractivity contribution in [1.29, 1.82) is 0 Å². The van der Waals surface area contributed by atoms with Crippen LogP contribution in [0.1, 0.15) is 36.8 Å². The molecular formula is C16H19NOS. The van der Waals surface area contributed by atoms with Crippen molar-refractivity contribution in [2.24, 2.45) is 0 Å². The molecule has 1 heterocycles. The van der Waals surface area contributed by atoms with Gasteiger partial charge in [-0.1, -0.05) is 35.7 Å². The number of benzene rings is 1. The summed E-state index contributed by atoms with van der Waals surface area (Å²) in [6.45, 7) is 3.81. The first kappa shape index (κ1) is 14.2. The molecule has 2 rings (SSSR count). The lowest BCUT2D eigenvalue weighted by atomic mass is 9.90. The lowest BCUT2D eigenvalue weighted by molar-refractivity contribution is -0.109. The maximum Gasteiger partial charge on any atom is 0.186 e. The minimum absolute atomic E-state index is 0.121. The average molecular weight is 273 g/mol. The van der Waals surface area contributed by atoms with Gasteiger partial charge in [0.2, 0.25) is 0 Å². The van der Waals surface area contributed by atoms with E-state index in [1.54, 1.807) is 6.92 Å². The fourth-order valence-corrected chi connectivity index (χ4v) is 2.62. The topological polar surface area (TPSA) is 29.1 Å². The van der Waals surface area contributed by atoms with E-state index < -0.39 is 0 Å². The summed E-state index contributed by atoms with van der Waals surface area (Å²) < 4.78 is 0. The van der Waals surface area contributed by atoms with E-state index in [4.69, 9.17) is 0 Å². The SMILES string of the molecule is CC(=O)SCC#Cc1ccc(C2CCNCC2)cc1. The van der Waals surface area contributed by atoms with E-state index in [9.17, 15) is 4.79 Å². The van der Waals surface area contributed by atoms with Crippen molar-refractivity contribution in [3.8, 4) is 11.8 Å². The van der Waals surface area contributed by atoms with Gasteiger partial charge < -0.3 is 5.32 Å². The van der Waals surface area contributed by atoms with E-state index in [0.29, 0.717) is 11.7 Å². The second-order valence-corrected chi connectivity index (χ2v) is 5.88. The van der Waals surface area contributed by atoms with Crippen LogP contribution in [0.2, 0.25) is 0 Å². The van der Waals surface area contributed by atoms with Crippen molar-refractivity contribution in [2.45, 2.75) is 25.7 Å². The van der Waals surface area contributed by atoms with E-state index in [1.807, 2.05) is 0 Å². The Labute approximate surface area is 119 Å². The van der Waals surface area contributed by atoms with E-state index in [1.165, 1.54) is 30.2 Å². The molecule has 2 nitrogen and oxygen atoms in total. The smallest absolute Gasteiger partial charge is 0.186 e. The molecule has 0 radical (unpaired) electrons. The Kier molecular flexibility index (Phi) is 5.50. The summed E-state index contributed by atoms with van der Waals surface area (Å²) in [5.41, 5.74) is 2.45. The number of hydrogen-bond acceptors (Lipinski definition) is 3. The summed E-state index contributed by atoms with van der Waals surface area (Å²) in [5, 5.41) is 3.51. The highest BCUT2D eigenvalue weighted by molar-refractivity contribution is 8.13. The molecule has 0 atom stereocenters. The molecule has 1 saturated heterocycles. The largest absolute Gasteiger partial charge is 0.317 e. The molecule has 1 aromatic rings. The number of piperidine rings is 1. The van der Waals surface area contributed by atoms with Crippen molar-refractivity contribution >= 4 is 16.9 Å². The van der Waals surface area contributed by atoms with Crippen molar-refractivity contribution in [2.75, 3.05) is 18.8 Å². The molecule has 1 aromatic carbocycles. The van der Waals surface area contributed by atoms with E-state index in [2.05, 4.69) is 41.4 Å². The minimum Gasteiger partial charge on any atom is -0.317 e. The van der Waals surface area contributed by atoms with Crippen LogP contribution < -0.4 is 5.32 Å². The highest BCUT2D eigenvalue weighted by Gasteiger charge is 2.14. The Hall–Kier alpha value is -1.24. The third-order valence-corrected chi connectivity index (χ3v) is 4.00. The number of thioether (sulfide) groups is 1. The molecule has 1 N–H and O–H groups in total.